The number of thiophene rings is 1. The van der Waals surface area contributed by atoms with E-state index in [1.165, 1.54) is 23.1 Å². The van der Waals surface area contributed by atoms with Crippen molar-refractivity contribution in [2.45, 2.75) is 25.2 Å². The van der Waals surface area contributed by atoms with E-state index in [0.717, 1.165) is 9.21 Å². The van der Waals surface area contributed by atoms with E-state index in [4.69, 9.17) is 16.0 Å². The van der Waals surface area contributed by atoms with Crippen molar-refractivity contribution in [1.29, 1.82) is 0 Å². The van der Waals surface area contributed by atoms with Gasteiger partial charge in [0.05, 0.1) is 22.9 Å². The SMILES string of the molecule is CCn1c(SCC(=O)N(C)Cc2ccc(Cl)s2)nnc1-c1ccco1. The summed E-state index contributed by atoms with van der Waals surface area (Å²) in [4.78, 5) is 15.1. The van der Waals surface area contributed by atoms with Crippen LogP contribution in [-0.2, 0) is 17.9 Å². The quantitative estimate of drug-likeness (QED) is 0.564. The molecule has 3 rings (SSSR count). The van der Waals surface area contributed by atoms with Gasteiger partial charge in [0.1, 0.15) is 0 Å². The zero-order chi connectivity index (χ0) is 17.8. The van der Waals surface area contributed by atoms with Gasteiger partial charge in [-0.1, -0.05) is 23.4 Å². The normalized spacial score (nSPS) is 11.0. The summed E-state index contributed by atoms with van der Waals surface area (Å²) >= 11 is 8.79. The van der Waals surface area contributed by atoms with Gasteiger partial charge in [-0.3, -0.25) is 9.36 Å². The topological polar surface area (TPSA) is 64.2 Å². The molecule has 6 nitrogen and oxygen atoms in total. The molecule has 0 aromatic carbocycles. The number of hydrogen-bond acceptors (Lipinski definition) is 6. The van der Waals surface area contributed by atoms with Crippen molar-refractivity contribution in [2.75, 3.05) is 12.8 Å². The number of thioether (sulfide) groups is 1. The molecule has 0 saturated heterocycles. The Morgan fingerprint density at radius 1 is 1.40 bits per heavy atom. The summed E-state index contributed by atoms with van der Waals surface area (Å²) in [6, 6.07) is 7.43. The summed E-state index contributed by atoms with van der Waals surface area (Å²) in [5, 5.41) is 9.08. The van der Waals surface area contributed by atoms with Crippen LogP contribution in [0.25, 0.3) is 11.6 Å². The average Bonchev–Trinajstić information content (AvgIpc) is 3.32. The number of carbonyl (C=O) groups is 1. The number of carbonyl (C=O) groups excluding carboxylic acids is 1. The van der Waals surface area contributed by atoms with Crippen LogP contribution in [0.1, 0.15) is 11.8 Å². The van der Waals surface area contributed by atoms with Gasteiger partial charge >= 0.3 is 0 Å². The van der Waals surface area contributed by atoms with E-state index in [9.17, 15) is 4.79 Å². The van der Waals surface area contributed by atoms with Gasteiger partial charge in [0, 0.05) is 18.5 Å². The summed E-state index contributed by atoms with van der Waals surface area (Å²) < 4.78 is 8.06. The molecule has 132 valence electrons. The highest BCUT2D eigenvalue weighted by Gasteiger charge is 2.17. The lowest BCUT2D eigenvalue weighted by molar-refractivity contribution is -0.127. The van der Waals surface area contributed by atoms with Gasteiger partial charge in [0.15, 0.2) is 16.7 Å². The first-order valence-electron chi connectivity index (χ1n) is 7.66. The number of hydrogen-bond donors (Lipinski definition) is 0. The molecular formula is C16H17ClN4O2S2. The van der Waals surface area contributed by atoms with Crippen LogP contribution < -0.4 is 0 Å². The minimum absolute atomic E-state index is 0.0275. The molecule has 0 radical (unpaired) electrons. The second-order valence-electron chi connectivity index (χ2n) is 5.27. The first-order valence-corrected chi connectivity index (χ1v) is 9.84. The third-order valence-corrected chi connectivity index (χ3v) is 5.71. The summed E-state index contributed by atoms with van der Waals surface area (Å²) in [7, 11) is 1.79. The van der Waals surface area contributed by atoms with Crippen LogP contribution in [0.4, 0.5) is 0 Å². The first kappa shape index (κ1) is 18.0. The summed E-state index contributed by atoms with van der Waals surface area (Å²) in [5.41, 5.74) is 0. The summed E-state index contributed by atoms with van der Waals surface area (Å²) in [6.07, 6.45) is 1.60. The Hall–Kier alpha value is -1.77. The number of amides is 1. The number of rotatable bonds is 7. The molecule has 0 spiro atoms. The van der Waals surface area contributed by atoms with E-state index in [1.807, 2.05) is 35.8 Å². The molecule has 0 bridgehead atoms. The van der Waals surface area contributed by atoms with Crippen LogP contribution in [0, 0.1) is 0 Å². The number of halogens is 1. The molecule has 9 heteroatoms. The maximum Gasteiger partial charge on any atom is 0.233 e. The predicted molar refractivity (Wildman–Crippen MR) is 99.9 cm³/mol. The second-order valence-corrected chi connectivity index (χ2v) is 8.01. The predicted octanol–water partition coefficient (Wildman–Crippen LogP) is 4.02. The van der Waals surface area contributed by atoms with Crippen molar-refractivity contribution >= 4 is 40.6 Å². The molecule has 1 amide bonds. The molecule has 0 unspecified atom stereocenters. The van der Waals surface area contributed by atoms with E-state index in [2.05, 4.69) is 10.2 Å². The third kappa shape index (κ3) is 4.26. The monoisotopic (exact) mass is 396 g/mol. The van der Waals surface area contributed by atoms with Gasteiger partial charge < -0.3 is 9.32 Å². The molecule has 0 N–H and O–H groups in total. The Kier molecular flexibility index (Phi) is 5.82. The Morgan fingerprint density at radius 2 is 2.24 bits per heavy atom. The smallest absolute Gasteiger partial charge is 0.233 e. The van der Waals surface area contributed by atoms with Gasteiger partial charge in [0.25, 0.3) is 0 Å². The maximum absolute atomic E-state index is 12.4. The van der Waals surface area contributed by atoms with E-state index >= 15 is 0 Å². The minimum atomic E-state index is 0.0275. The van der Waals surface area contributed by atoms with Crippen LogP contribution in [-0.4, -0.2) is 38.4 Å². The van der Waals surface area contributed by atoms with Crippen molar-refractivity contribution in [3.63, 3.8) is 0 Å². The highest BCUT2D eigenvalue weighted by Crippen LogP contribution is 2.25. The number of aromatic nitrogens is 3. The van der Waals surface area contributed by atoms with E-state index in [0.29, 0.717) is 35.6 Å². The molecule has 0 aliphatic heterocycles. The van der Waals surface area contributed by atoms with Crippen LogP contribution in [0.3, 0.4) is 0 Å². The van der Waals surface area contributed by atoms with Crippen molar-refractivity contribution in [2.24, 2.45) is 0 Å². The van der Waals surface area contributed by atoms with Crippen LogP contribution >= 0.6 is 34.7 Å². The largest absolute Gasteiger partial charge is 0.461 e. The van der Waals surface area contributed by atoms with Crippen molar-refractivity contribution in [1.82, 2.24) is 19.7 Å². The van der Waals surface area contributed by atoms with Gasteiger partial charge in [-0.05, 0) is 31.2 Å². The summed E-state index contributed by atoms with van der Waals surface area (Å²) in [6.45, 7) is 3.26. The molecule has 0 atom stereocenters. The Labute approximate surface area is 158 Å². The lowest BCUT2D eigenvalue weighted by Gasteiger charge is -2.15. The first-order chi connectivity index (χ1) is 12.1. The molecule has 0 saturated carbocycles. The highest BCUT2D eigenvalue weighted by molar-refractivity contribution is 7.99. The van der Waals surface area contributed by atoms with Gasteiger partial charge in [-0.15, -0.1) is 21.5 Å². The fourth-order valence-electron chi connectivity index (χ4n) is 2.26. The van der Waals surface area contributed by atoms with Crippen molar-refractivity contribution < 1.29 is 9.21 Å². The molecule has 25 heavy (non-hydrogen) atoms. The van der Waals surface area contributed by atoms with E-state index in [1.54, 1.807) is 18.2 Å². The molecule has 3 aromatic rings. The molecule has 0 aliphatic rings. The van der Waals surface area contributed by atoms with Crippen molar-refractivity contribution in [3.8, 4) is 11.6 Å². The van der Waals surface area contributed by atoms with E-state index < -0.39 is 0 Å². The second kappa shape index (κ2) is 8.07. The number of nitrogens with zero attached hydrogens (tertiary/aromatic N) is 4. The fraction of sp³-hybridized carbons (Fsp3) is 0.312. The average molecular weight is 397 g/mol. The lowest BCUT2D eigenvalue weighted by Crippen LogP contribution is -2.27. The zero-order valence-corrected chi connectivity index (χ0v) is 16.2. The fourth-order valence-corrected chi connectivity index (χ4v) is 4.35. The van der Waals surface area contributed by atoms with Crippen LogP contribution in [0.15, 0.2) is 40.1 Å². The Balaban J connectivity index is 1.62. The molecule has 3 aromatic heterocycles. The third-order valence-electron chi connectivity index (χ3n) is 3.55. The summed E-state index contributed by atoms with van der Waals surface area (Å²) in [5.74, 6) is 1.66. The molecule has 0 fully saturated rings. The highest BCUT2D eigenvalue weighted by atomic mass is 35.5. The van der Waals surface area contributed by atoms with Crippen molar-refractivity contribution in [3.05, 3.63) is 39.7 Å². The molecule has 3 heterocycles. The lowest BCUT2D eigenvalue weighted by atomic mass is 10.4. The zero-order valence-electron chi connectivity index (χ0n) is 13.8. The standard InChI is InChI=1S/C16H17ClN4O2S2/c1-3-21-15(12-5-4-8-23-12)18-19-16(21)24-10-14(22)20(2)9-11-6-7-13(17)25-11/h4-8H,3,9-10H2,1-2H3. The van der Waals surface area contributed by atoms with Gasteiger partial charge in [0.2, 0.25) is 5.91 Å². The Bertz CT molecular complexity index is 844. The van der Waals surface area contributed by atoms with Gasteiger partial charge in [-0.2, -0.15) is 0 Å². The van der Waals surface area contributed by atoms with E-state index in [-0.39, 0.29) is 5.91 Å². The van der Waals surface area contributed by atoms with Gasteiger partial charge in [-0.25, -0.2) is 0 Å². The molecular weight excluding hydrogens is 380 g/mol. The van der Waals surface area contributed by atoms with Crippen LogP contribution in [0.2, 0.25) is 4.34 Å². The molecule has 0 aliphatic carbocycles. The van der Waals surface area contributed by atoms with Crippen LogP contribution in [0.5, 0.6) is 0 Å². The Morgan fingerprint density at radius 3 is 2.88 bits per heavy atom. The maximum atomic E-state index is 12.4. The number of furan rings is 1. The minimum Gasteiger partial charge on any atom is -0.461 e.